The van der Waals surface area contributed by atoms with Gasteiger partial charge in [-0.2, -0.15) is 13.2 Å². The van der Waals surface area contributed by atoms with Crippen molar-refractivity contribution in [2.45, 2.75) is 56.6 Å². The lowest BCUT2D eigenvalue weighted by molar-refractivity contribution is -0.137. The van der Waals surface area contributed by atoms with Crippen LogP contribution in [0, 0.1) is 13.8 Å². The highest BCUT2D eigenvalue weighted by molar-refractivity contribution is 7.92. The molecule has 1 unspecified atom stereocenters. The number of hydrogen-bond acceptors (Lipinski definition) is 2. The van der Waals surface area contributed by atoms with E-state index in [1.807, 2.05) is 32.0 Å². The predicted molar refractivity (Wildman–Crippen MR) is 124 cm³/mol. The van der Waals surface area contributed by atoms with Crippen molar-refractivity contribution < 1.29 is 21.6 Å². The molecule has 1 atom stereocenters. The van der Waals surface area contributed by atoms with E-state index in [0.29, 0.717) is 30.5 Å². The number of sulfonamides is 1. The fourth-order valence-electron chi connectivity index (χ4n) is 4.37. The molecule has 3 nitrogen and oxygen atoms in total. The van der Waals surface area contributed by atoms with Crippen LogP contribution in [0.15, 0.2) is 71.6 Å². The third-order valence-corrected chi connectivity index (χ3v) is 8.04. The first-order valence-electron chi connectivity index (χ1n) is 10.9. The van der Waals surface area contributed by atoms with E-state index in [0.717, 1.165) is 35.2 Å². The predicted octanol–water partition coefficient (Wildman–Crippen LogP) is 6.47. The first-order valence-corrected chi connectivity index (χ1v) is 12.4. The Morgan fingerprint density at radius 2 is 1.64 bits per heavy atom. The number of halogens is 3. The van der Waals surface area contributed by atoms with Gasteiger partial charge in [0, 0.05) is 6.04 Å². The largest absolute Gasteiger partial charge is 0.416 e. The van der Waals surface area contributed by atoms with E-state index in [2.05, 4.69) is 0 Å². The molecule has 0 amide bonds. The summed E-state index contributed by atoms with van der Waals surface area (Å²) in [6.07, 6.45) is -2.28. The molecule has 0 aliphatic carbocycles. The number of anilines is 1. The molecule has 1 aliphatic rings. The van der Waals surface area contributed by atoms with Crippen LogP contribution in [-0.2, 0) is 29.0 Å². The van der Waals surface area contributed by atoms with Crippen LogP contribution in [0.3, 0.4) is 0 Å². The minimum atomic E-state index is -4.40. The van der Waals surface area contributed by atoms with Crippen molar-refractivity contribution in [3.63, 3.8) is 0 Å². The lowest BCUT2D eigenvalue weighted by atomic mass is 9.93. The normalized spacial score (nSPS) is 16.5. The lowest BCUT2D eigenvalue weighted by Crippen LogP contribution is -2.44. The van der Waals surface area contributed by atoms with Gasteiger partial charge in [0.15, 0.2) is 0 Å². The highest BCUT2D eigenvalue weighted by Crippen LogP contribution is 2.38. The maximum absolute atomic E-state index is 13.8. The fraction of sp³-hybridized carbons (Fsp3) is 0.308. The Kier molecular flexibility index (Phi) is 6.27. The number of fused-ring (bicyclic) bond motifs is 1. The summed E-state index contributed by atoms with van der Waals surface area (Å²) in [4.78, 5) is 0.214. The maximum Gasteiger partial charge on any atom is 0.416 e. The Bertz CT molecular complexity index is 1250. The molecule has 0 aromatic heterocycles. The van der Waals surface area contributed by atoms with E-state index in [-0.39, 0.29) is 10.9 Å². The van der Waals surface area contributed by atoms with Gasteiger partial charge in [0.1, 0.15) is 0 Å². The summed E-state index contributed by atoms with van der Waals surface area (Å²) >= 11 is 0. The third-order valence-electron chi connectivity index (χ3n) is 6.16. The molecule has 0 saturated heterocycles. The summed E-state index contributed by atoms with van der Waals surface area (Å²) in [6.45, 7) is 3.82. The molecule has 1 aliphatic heterocycles. The van der Waals surface area contributed by atoms with Gasteiger partial charge >= 0.3 is 6.18 Å². The zero-order valence-corrected chi connectivity index (χ0v) is 19.4. The van der Waals surface area contributed by atoms with E-state index in [4.69, 9.17) is 0 Å². The van der Waals surface area contributed by atoms with Gasteiger partial charge in [0.2, 0.25) is 0 Å². The summed E-state index contributed by atoms with van der Waals surface area (Å²) in [5, 5.41) is 0. The zero-order chi connectivity index (χ0) is 23.8. The Morgan fingerprint density at radius 3 is 2.33 bits per heavy atom. The molecule has 0 spiro atoms. The molecular weight excluding hydrogens is 447 g/mol. The molecule has 7 heteroatoms. The molecule has 0 saturated carbocycles. The average Bonchev–Trinajstić information content (AvgIpc) is 2.77. The number of hydrogen-bond donors (Lipinski definition) is 0. The summed E-state index contributed by atoms with van der Waals surface area (Å²) < 4.78 is 68.3. The van der Waals surface area contributed by atoms with Crippen LogP contribution < -0.4 is 4.31 Å². The zero-order valence-electron chi connectivity index (χ0n) is 18.6. The van der Waals surface area contributed by atoms with Crippen molar-refractivity contribution in [3.8, 4) is 0 Å². The minimum Gasteiger partial charge on any atom is -0.263 e. The summed E-state index contributed by atoms with van der Waals surface area (Å²) in [5.41, 5.74) is 3.41. The number of rotatable bonds is 5. The monoisotopic (exact) mass is 473 g/mol. The SMILES string of the molecule is Cc1ccc(S(=O)(=O)N2c3cc(C)ccc3CCC2CCc2cccc(C(F)(F)F)c2)cc1. The van der Waals surface area contributed by atoms with Crippen LogP contribution in [0.5, 0.6) is 0 Å². The molecule has 4 rings (SSSR count). The highest BCUT2D eigenvalue weighted by Gasteiger charge is 2.36. The van der Waals surface area contributed by atoms with Crippen molar-refractivity contribution >= 4 is 15.7 Å². The molecule has 33 heavy (non-hydrogen) atoms. The smallest absolute Gasteiger partial charge is 0.263 e. The average molecular weight is 474 g/mol. The second-order valence-corrected chi connectivity index (χ2v) is 10.5. The lowest BCUT2D eigenvalue weighted by Gasteiger charge is -2.38. The first kappa shape index (κ1) is 23.4. The maximum atomic E-state index is 13.8. The molecular formula is C26H26F3NO2S. The van der Waals surface area contributed by atoms with Crippen molar-refractivity contribution in [2.24, 2.45) is 0 Å². The topological polar surface area (TPSA) is 37.4 Å². The van der Waals surface area contributed by atoms with Gasteiger partial charge in [-0.15, -0.1) is 0 Å². The van der Waals surface area contributed by atoms with E-state index in [1.165, 1.54) is 10.4 Å². The molecule has 0 radical (unpaired) electrons. The summed E-state index contributed by atoms with van der Waals surface area (Å²) in [6, 6.07) is 17.5. The number of benzene rings is 3. The van der Waals surface area contributed by atoms with E-state index >= 15 is 0 Å². The van der Waals surface area contributed by atoms with Crippen LogP contribution in [0.1, 0.15) is 40.7 Å². The Hall–Kier alpha value is -2.80. The van der Waals surface area contributed by atoms with Gasteiger partial charge in [-0.05, 0) is 80.5 Å². The van der Waals surface area contributed by atoms with E-state index in [9.17, 15) is 21.6 Å². The Balaban J connectivity index is 1.69. The number of alkyl halides is 3. The van der Waals surface area contributed by atoms with Crippen LogP contribution in [0.2, 0.25) is 0 Å². The van der Waals surface area contributed by atoms with Crippen molar-refractivity contribution in [1.82, 2.24) is 0 Å². The van der Waals surface area contributed by atoms with Gasteiger partial charge in [0.05, 0.1) is 16.1 Å². The van der Waals surface area contributed by atoms with E-state index in [1.54, 1.807) is 30.3 Å². The van der Waals surface area contributed by atoms with Crippen LogP contribution in [0.4, 0.5) is 18.9 Å². The Morgan fingerprint density at radius 1 is 0.939 bits per heavy atom. The molecule has 174 valence electrons. The molecule has 0 N–H and O–H groups in total. The highest BCUT2D eigenvalue weighted by atomic mass is 32.2. The van der Waals surface area contributed by atoms with Gasteiger partial charge in [-0.25, -0.2) is 8.42 Å². The molecule has 0 bridgehead atoms. The van der Waals surface area contributed by atoms with Crippen LogP contribution >= 0.6 is 0 Å². The van der Waals surface area contributed by atoms with E-state index < -0.39 is 21.8 Å². The second-order valence-electron chi connectivity index (χ2n) is 8.68. The first-order chi connectivity index (χ1) is 15.6. The molecule has 3 aromatic rings. The summed E-state index contributed by atoms with van der Waals surface area (Å²) in [7, 11) is -3.84. The van der Waals surface area contributed by atoms with Crippen molar-refractivity contribution in [3.05, 3.63) is 94.5 Å². The van der Waals surface area contributed by atoms with Gasteiger partial charge in [-0.3, -0.25) is 4.31 Å². The molecule has 3 aromatic carbocycles. The van der Waals surface area contributed by atoms with Gasteiger partial charge < -0.3 is 0 Å². The fourth-order valence-corrected chi connectivity index (χ4v) is 6.11. The quantitative estimate of drug-likeness (QED) is 0.426. The summed E-state index contributed by atoms with van der Waals surface area (Å²) in [5.74, 6) is 0. The van der Waals surface area contributed by atoms with Crippen molar-refractivity contribution in [2.75, 3.05) is 4.31 Å². The standard InChI is InChI=1S/C26H26F3NO2S/c1-18-7-14-24(15-8-18)33(31,32)30-23(13-11-21-10-6-19(2)16-25(21)30)12-9-20-4-3-5-22(17-20)26(27,28)29/h3-8,10,14-17,23H,9,11-13H2,1-2H3. The molecule has 0 fully saturated rings. The second kappa shape index (κ2) is 8.86. The number of nitrogens with zero attached hydrogens (tertiary/aromatic N) is 1. The van der Waals surface area contributed by atoms with Crippen LogP contribution in [0.25, 0.3) is 0 Å². The van der Waals surface area contributed by atoms with Crippen LogP contribution in [-0.4, -0.2) is 14.5 Å². The van der Waals surface area contributed by atoms with Gasteiger partial charge in [0.25, 0.3) is 10.0 Å². The molecule has 1 heterocycles. The Labute approximate surface area is 192 Å². The number of aryl methyl sites for hydroxylation is 4. The van der Waals surface area contributed by atoms with Crippen molar-refractivity contribution in [1.29, 1.82) is 0 Å². The third kappa shape index (κ3) is 4.93. The minimum absolute atomic E-state index is 0.214. The van der Waals surface area contributed by atoms with Gasteiger partial charge in [-0.1, -0.05) is 48.0 Å².